The Labute approximate surface area is 192 Å². The molecule has 0 saturated heterocycles. The predicted octanol–water partition coefficient (Wildman–Crippen LogP) is 4.52. The Kier molecular flexibility index (Phi) is 5.51. The zero-order valence-corrected chi connectivity index (χ0v) is 18.8. The maximum Gasteiger partial charge on any atom is 0.199 e. The van der Waals surface area contributed by atoms with E-state index in [2.05, 4.69) is 32.8 Å². The van der Waals surface area contributed by atoms with Crippen molar-refractivity contribution in [1.29, 1.82) is 0 Å². The Bertz CT molecular complexity index is 1140. The topological polar surface area (TPSA) is 80.0 Å². The van der Waals surface area contributed by atoms with Crippen LogP contribution in [0.5, 0.6) is 0 Å². The van der Waals surface area contributed by atoms with Gasteiger partial charge in [-0.3, -0.25) is 4.79 Å². The number of anilines is 1. The second-order valence-corrected chi connectivity index (χ2v) is 9.63. The molecular weight excluding hydrogens is 424 g/mol. The number of rotatable bonds is 7. The van der Waals surface area contributed by atoms with Crippen LogP contribution in [0, 0.1) is 11.8 Å². The van der Waals surface area contributed by atoms with Crippen molar-refractivity contribution in [2.75, 3.05) is 11.9 Å². The molecule has 6 nitrogen and oxygen atoms in total. The molecule has 0 spiro atoms. The number of hydrogen-bond acceptors (Lipinski definition) is 5. The van der Waals surface area contributed by atoms with Crippen LogP contribution in [0.3, 0.4) is 0 Å². The van der Waals surface area contributed by atoms with Crippen molar-refractivity contribution in [2.45, 2.75) is 44.2 Å². The highest BCUT2D eigenvalue weighted by atomic mass is 35.5. The molecule has 166 valence electrons. The lowest BCUT2D eigenvalue weighted by Gasteiger charge is -2.18. The molecule has 2 heterocycles. The van der Waals surface area contributed by atoms with E-state index in [-0.39, 0.29) is 29.9 Å². The Morgan fingerprint density at radius 3 is 2.88 bits per heavy atom. The maximum absolute atomic E-state index is 13.4. The number of aromatic nitrogens is 3. The van der Waals surface area contributed by atoms with Gasteiger partial charge in [-0.05, 0) is 61.3 Å². The van der Waals surface area contributed by atoms with Crippen molar-refractivity contribution in [2.24, 2.45) is 11.8 Å². The first-order valence-electron chi connectivity index (χ1n) is 11.2. The van der Waals surface area contributed by atoms with Gasteiger partial charge in [0, 0.05) is 41.8 Å². The van der Waals surface area contributed by atoms with Gasteiger partial charge in [0.1, 0.15) is 12.1 Å². The van der Waals surface area contributed by atoms with Crippen molar-refractivity contribution < 1.29 is 9.90 Å². The average Bonchev–Trinajstić information content (AvgIpc) is 3.31. The molecule has 2 aliphatic carbocycles. The second kappa shape index (κ2) is 8.34. The molecule has 0 unspecified atom stereocenters. The summed E-state index contributed by atoms with van der Waals surface area (Å²) in [5.74, 6) is 1.18. The third kappa shape index (κ3) is 3.82. The number of ketones is 1. The van der Waals surface area contributed by atoms with E-state index in [9.17, 15) is 9.90 Å². The number of halogens is 1. The summed E-state index contributed by atoms with van der Waals surface area (Å²) in [7, 11) is 0. The van der Waals surface area contributed by atoms with E-state index in [1.807, 2.05) is 36.7 Å². The van der Waals surface area contributed by atoms with Crippen LogP contribution in [-0.4, -0.2) is 38.1 Å². The predicted molar refractivity (Wildman–Crippen MR) is 124 cm³/mol. The molecule has 2 saturated carbocycles. The lowest BCUT2D eigenvalue weighted by molar-refractivity contribution is 0.103. The Morgan fingerprint density at radius 1 is 1.31 bits per heavy atom. The summed E-state index contributed by atoms with van der Waals surface area (Å²) in [6.45, 7) is 2.35. The number of nitrogens with one attached hydrogen (secondary N) is 1. The van der Waals surface area contributed by atoms with Crippen LogP contribution in [0.15, 0.2) is 55.2 Å². The molecule has 3 aromatic rings. The number of nitrogens with zero attached hydrogens (tertiary/aromatic N) is 3. The van der Waals surface area contributed by atoms with Crippen LogP contribution in [-0.2, 0) is 5.54 Å². The standard InChI is InChI=1S/C25H27ClN4O2/c1-16-9-21(10-18(16)14-31)29-24-22(12-27-15-28-24)23(32)17-5-8-30(13-17)25(6-7-25)19-3-2-4-20(26)11-19/h2-5,8,11-13,15-16,18,21,31H,6-7,9-10,14H2,1H3,(H,27,28,29)/t16-,18+,21-/m0/s1. The molecule has 2 aromatic heterocycles. The highest BCUT2D eigenvalue weighted by Gasteiger charge is 2.46. The molecule has 32 heavy (non-hydrogen) atoms. The lowest BCUT2D eigenvalue weighted by atomic mass is 10.00. The SMILES string of the molecule is C[C@H]1C[C@H](Nc2ncncc2C(=O)c2ccn(C3(c4cccc(Cl)c4)CC3)c2)C[C@@H]1CO. The van der Waals surface area contributed by atoms with E-state index in [0.29, 0.717) is 22.9 Å². The van der Waals surface area contributed by atoms with Gasteiger partial charge >= 0.3 is 0 Å². The molecular formula is C25H27ClN4O2. The first-order valence-corrected chi connectivity index (χ1v) is 11.5. The zero-order valence-electron chi connectivity index (χ0n) is 18.0. The molecule has 0 amide bonds. The molecule has 0 aliphatic heterocycles. The quantitative estimate of drug-likeness (QED) is 0.517. The average molecular weight is 451 g/mol. The van der Waals surface area contributed by atoms with E-state index in [0.717, 1.165) is 30.7 Å². The minimum Gasteiger partial charge on any atom is -0.396 e. The smallest absolute Gasteiger partial charge is 0.199 e. The fourth-order valence-electron chi connectivity index (χ4n) is 5.06. The monoisotopic (exact) mass is 450 g/mol. The third-order valence-corrected chi connectivity index (χ3v) is 7.35. The molecule has 2 fully saturated rings. The van der Waals surface area contributed by atoms with Crippen LogP contribution in [0.2, 0.25) is 5.02 Å². The van der Waals surface area contributed by atoms with E-state index < -0.39 is 0 Å². The van der Waals surface area contributed by atoms with Crippen molar-refractivity contribution in [3.05, 3.63) is 77.0 Å². The van der Waals surface area contributed by atoms with Gasteiger partial charge in [0.05, 0.1) is 11.1 Å². The minimum absolute atomic E-state index is 0.0986. The van der Waals surface area contributed by atoms with Crippen LogP contribution >= 0.6 is 11.6 Å². The maximum atomic E-state index is 13.4. The molecule has 2 aliphatic rings. The molecule has 3 atom stereocenters. The van der Waals surface area contributed by atoms with Gasteiger partial charge in [-0.15, -0.1) is 0 Å². The highest BCUT2D eigenvalue weighted by Crippen LogP contribution is 2.50. The Balaban J connectivity index is 1.38. The largest absolute Gasteiger partial charge is 0.396 e. The molecule has 1 aromatic carbocycles. The van der Waals surface area contributed by atoms with E-state index in [1.54, 1.807) is 6.20 Å². The fraction of sp³-hybridized carbons (Fsp3) is 0.400. The Morgan fingerprint density at radius 2 is 2.16 bits per heavy atom. The first kappa shape index (κ1) is 21.2. The second-order valence-electron chi connectivity index (χ2n) is 9.20. The van der Waals surface area contributed by atoms with Gasteiger partial charge in [0.15, 0.2) is 5.78 Å². The summed E-state index contributed by atoms with van der Waals surface area (Å²) < 4.78 is 2.13. The van der Waals surface area contributed by atoms with Crippen LogP contribution in [0.25, 0.3) is 0 Å². The molecule has 0 radical (unpaired) electrons. The summed E-state index contributed by atoms with van der Waals surface area (Å²) in [6, 6.07) is 10.00. The van der Waals surface area contributed by atoms with E-state index in [4.69, 9.17) is 11.6 Å². The highest BCUT2D eigenvalue weighted by molar-refractivity contribution is 6.30. The van der Waals surface area contributed by atoms with Crippen molar-refractivity contribution in [1.82, 2.24) is 14.5 Å². The summed E-state index contributed by atoms with van der Waals surface area (Å²) in [6.07, 6.45) is 10.8. The van der Waals surface area contributed by atoms with Gasteiger partial charge in [0.25, 0.3) is 0 Å². The van der Waals surface area contributed by atoms with Crippen LogP contribution < -0.4 is 5.32 Å². The minimum atomic E-state index is -0.128. The van der Waals surface area contributed by atoms with Crippen molar-refractivity contribution in [3.63, 3.8) is 0 Å². The van der Waals surface area contributed by atoms with Crippen LogP contribution in [0.4, 0.5) is 5.82 Å². The number of aliphatic hydroxyl groups excluding tert-OH is 1. The molecule has 2 N–H and O–H groups in total. The van der Waals surface area contributed by atoms with Gasteiger partial charge < -0.3 is 15.0 Å². The van der Waals surface area contributed by atoms with E-state index in [1.165, 1.54) is 11.9 Å². The molecule has 7 heteroatoms. The van der Waals surface area contributed by atoms with Gasteiger partial charge in [-0.2, -0.15) is 0 Å². The summed E-state index contributed by atoms with van der Waals surface area (Å²) in [5.41, 5.74) is 2.12. The number of aliphatic hydroxyl groups is 1. The first-order chi connectivity index (χ1) is 15.5. The number of hydrogen-bond donors (Lipinski definition) is 2. The summed E-state index contributed by atoms with van der Waals surface area (Å²) >= 11 is 6.22. The number of carbonyl (C=O) groups excluding carboxylic acids is 1. The Hall–Kier alpha value is -2.70. The molecule has 0 bridgehead atoms. The van der Waals surface area contributed by atoms with Crippen molar-refractivity contribution >= 4 is 23.2 Å². The fourth-order valence-corrected chi connectivity index (χ4v) is 5.25. The summed E-state index contributed by atoms with van der Waals surface area (Å²) in [4.78, 5) is 21.8. The normalized spacial score (nSPS) is 23.8. The number of benzene rings is 1. The number of carbonyl (C=O) groups is 1. The van der Waals surface area contributed by atoms with Gasteiger partial charge in [-0.1, -0.05) is 30.7 Å². The van der Waals surface area contributed by atoms with E-state index >= 15 is 0 Å². The zero-order chi connectivity index (χ0) is 22.3. The third-order valence-electron chi connectivity index (χ3n) is 7.12. The molecule has 5 rings (SSSR count). The lowest BCUT2D eigenvalue weighted by Crippen LogP contribution is -2.20. The van der Waals surface area contributed by atoms with Crippen molar-refractivity contribution in [3.8, 4) is 0 Å². The van der Waals surface area contributed by atoms with Gasteiger partial charge in [0.2, 0.25) is 0 Å². The van der Waals surface area contributed by atoms with Crippen LogP contribution in [0.1, 0.15) is 54.1 Å². The summed E-state index contributed by atoms with van der Waals surface area (Å²) in [5, 5.41) is 13.7. The van der Waals surface area contributed by atoms with Gasteiger partial charge in [-0.25, -0.2) is 9.97 Å².